The van der Waals surface area contributed by atoms with Crippen LogP contribution in [0.3, 0.4) is 0 Å². The Bertz CT molecular complexity index is 462. The van der Waals surface area contributed by atoms with Gasteiger partial charge < -0.3 is 4.74 Å². The highest BCUT2D eigenvalue weighted by Crippen LogP contribution is 2.33. The Kier molecular flexibility index (Phi) is 2.79. The average Bonchev–Trinajstić information content (AvgIpc) is 2.58. The summed E-state index contributed by atoms with van der Waals surface area (Å²) in [4.78, 5) is 0. The number of ether oxygens (including phenoxy) is 1. The Hall–Kier alpha value is -0.540. The summed E-state index contributed by atoms with van der Waals surface area (Å²) >= 11 is 5.18. The van der Waals surface area contributed by atoms with E-state index >= 15 is 0 Å². The minimum absolute atomic E-state index is 0.912. The molecule has 0 N–H and O–H groups in total. The molecule has 0 aliphatic rings. The molecule has 0 unspecified atom stereocenters. The maximum absolute atomic E-state index is 5.22. The summed E-state index contributed by atoms with van der Waals surface area (Å²) < 4.78 is 6.51. The molecule has 0 fully saturated rings. The number of thiophene rings is 1. The molecule has 0 radical (unpaired) electrons. The van der Waals surface area contributed by atoms with Gasteiger partial charge in [0.15, 0.2) is 5.06 Å². The molecule has 0 saturated carbocycles. The van der Waals surface area contributed by atoms with E-state index in [0.29, 0.717) is 0 Å². The highest BCUT2D eigenvalue weighted by atomic mass is 79.9. The van der Waals surface area contributed by atoms with Crippen molar-refractivity contribution in [1.82, 2.24) is 0 Å². The van der Waals surface area contributed by atoms with Crippen LogP contribution in [0.5, 0.6) is 5.06 Å². The van der Waals surface area contributed by atoms with E-state index in [0.717, 1.165) is 10.4 Å². The van der Waals surface area contributed by atoms with Crippen molar-refractivity contribution in [1.29, 1.82) is 0 Å². The first-order valence-corrected chi connectivity index (χ1v) is 6.31. The van der Waals surface area contributed by atoms with E-state index in [1.54, 1.807) is 18.4 Å². The third kappa shape index (κ3) is 1.66. The Morgan fingerprint density at radius 3 is 2.79 bits per heavy atom. The van der Waals surface area contributed by atoms with Crippen LogP contribution in [0.2, 0.25) is 0 Å². The van der Waals surface area contributed by atoms with Gasteiger partial charge in [0, 0.05) is 10.0 Å². The van der Waals surface area contributed by atoms with Crippen molar-refractivity contribution >= 4 is 37.4 Å². The van der Waals surface area contributed by atoms with Gasteiger partial charge in [-0.25, -0.2) is 0 Å². The van der Waals surface area contributed by atoms with E-state index in [9.17, 15) is 0 Å². The average molecular weight is 271 g/mol. The second-order valence-corrected chi connectivity index (χ2v) is 4.83. The number of hydrogen-bond donors (Lipinski definition) is 0. The first-order chi connectivity index (χ1) is 6.74. The zero-order valence-corrected chi connectivity index (χ0v) is 10.5. The highest BCUT2D eigenvalue weighted by molar-refractivity contribution is 9.08. The van der Waals surface area contributed by atoms with Crippen molar-refractivity contribution in [2.75, 3.05) is 7.11 Å². The molecule has 2 rings (SSSR count). The van der Waals surface area contributed by atoms with Crippen LogP contribution >= 0.6 is 27.3 Å². The molecule has 0 aliphatic heterocycles. The van der Waals surface area contributed by atoms with E-state index in [4.69, 9.17) is 4.74 Å². The molecule has 0 saturated heterocycles. The summed E-state index contributed by atoms with van der Waals surface area (Å²) in [6.07, 6.45) is 0. The third-order valence-corrected chi connectivity index (χ3v) is 3.96. The fourth-order valence-electron chi connectivity index (χ4n) is 1.46. The molecule has 0 spiro atoms. The predicted octanol–water partition coefficient (Wildman–Crippen LogP) is 4.11. The minimum Gasteiger partial charge on any atom is -0.487 e. The molecule has 0 aliphatic carbocycles. The van der Waals surface area contributed by atoms with Crippen LogP contribution in [0.25, 0.3) is 10.1 Å². The van der Waals surface area contributed by atoms with Crippen molar-refractivity contribution in [2.45, 2.75) is 12.3 Å². The van der Waals surface area contributed by atoms with Gasteiger partial charge in [0.1, 0.15) is 0 Å². The van der Waals surface area contributed by atoms with Crippen molar-refractivity contribution in [2.24, 2.45) is 0 Å². The second kappa shape index (κ2) is 3.91. The number of aryl methyl sites for hydroxylation is 1. The van der Waals surface area contributed by atoms with Crippen LogP contribution in [-0.4, -0.2) is 7.11 Å². The van der Waals surface area contributed by atoms with Crippen LogP contribution in [0.4, 0.5) is 0 Å². The number of methoxy groups -OCH3 is 1. The standard InChI is InChI=1S/C11H11BrOS/c1-7-3-8-5-11(13-2)14-10(8)4-9(7)6-12/h3-5H,6H2,1-2H3. The van der Waals surface area contributed by atoms with Crippen molar-refractivity contribution in [3.63, 3.8) is 0 Å². The summed E-state index contributed by atoms with van der Waals surface area (Å²) in [5.74, 6) is 0. The Morgan fingerprint density at radius 2 is 2.14 bits per heavy atom. The maximum atomic E-state index is 5.22. The van der Waals surface area contributed by atoms with E-state index in [1.807, 2.05) is 0 Å². The van der Waals surface area contributed by atoms with Crippen LogP contribution < -0.4 is 4.74 Å². The first-order valence-electron chi connectivity index (χ1n) is 4.37. The van der Waals surface area contributed by atoms with Crippen LogP contribution in [0.1, 0.15) is 11.1 Å². The summed E-state index contributed by atoms with van der Waals surface area (Å²) in [7, 11) is 1.71. The molecule has 0 atom stereocenters. The Balaban J connectivity index is 2.64. The quantitative estimate of drug-likeness (QED) is 0.747. The van der Waals surface area contributed by atoms with E-state index in [2.05, 4.69) is 41.1 Å². The number of halogens is 1. The molecule has 14 heavy (non-hydrogen) atoms. The van der Waals surface area contributed by atoms with Crippen molar-refractivity contribution in [3.8, 4) is 5.06 Å². The van der Waals surface area contributed by atoms with Crippen molar-refractivity contribution in [3.05, 3.63) is 29.3 Å². The molecule has 74 valence electrons. The van der Waals surface area contributed by atoms with Gasteiger partial charge in [0.05, 0.1) is 7.11 Å². The number of alkyl halides is 1. The second-order valence-electron chi connectivity index (χ2n) is 3.22. The molecule has 0 amide bonds. The summed E-state index contributed by atoms with van der Waals surface area (Å²) in [5, 5.41) is 3.16. The fraction of sp³-hybridized carbons (Fsp3) is 0.273. The molecule has 1 aromatic carbocycles. The summed E-state index contributed by atoms with van der Waals surface area (Å²) in [5.41, 5.74) is 2.68. The van der Waals surface area contributed by atoms with Gasteiger partial charge in [0.2, 0.25) is 0 Å². The van der Waals surface area contributed by atoms with Crippen molar-refractivity contribution < 1.29 is 4.74 Å². The van der Waals surface area contributed by atoms with Gasteiger partial charge in [-0.2, -0.15) is 0 Å². The lowest BCUT2D eigenvalue weighted by Gasteiger charge is -2.00. The number of fused-ring (bicyclic) bond motifs is 1. The number of benzene rings is 1. The molecule has 3 heteroatoms. The smallest absolute Gasteiger partial charge is 0.174 e. The maximum Gasteiger partial charge on any atom is 0.174 e. The topological polar surface area (TPSA) is 9.23 Å². The molecular formula is C11H11BrOS. The molecule has 1 nitrogen and oxygen atoms in total. The molecular weight excluding hydrogens is 260 g/mol. The van der Waals surface area contributed by atoms with Gasteiger partial charge >= 0.3 is 0 Å². The minimum atomic E-state index is 0.912. The summed E-state index contributed by atoms with van der Waals surface area (Å²) in [6.45, 7) is 2.14. The van der Waals surface area contributed by atoms with Gasteiger partial charge in [0.25, 0.3) is 0 Å². The SMILES string of the molecule is COc1cc2cc(C)c(CBr)cc2s1. The normalized spacial score (nSPS) is 10.8. The van der Waals surface area contributed by atoms with Crippen LogP contribution in [0, 0.1) is 6.92 Å². The lowest BCUT2D eigenvalue weighted by molar-refractivity contribution is 0.427. The van der Waals surface area contributed by atoms with E-state index in [-0.39, 0.29) is 0 Å². The van der Waals surface area contributed by atoms with Gasteiger partial charge in [-0.15, -0.1) is 0 Å². The van der Waals surface area contributed by atoms with Gasteiger partial charge in [-0.3, -0.25) is 0 Å². The predicted molar refractivity (Wildman–Crippen MR) is 65.7 cm³/mol. The molecule has 1 aromatic heterocycles. The van der Waals surface area contributed by atoms with Gasteiger partial charge in [-0.05, 0) is 35.6 Å². The lowest BCUT2D eigenvalue weighted by Crippen LogP contribution is -1.82. The molecule has 2 aromatic rings. The van der Waals surface area contributed by atoms with Crippen LogP contribution in [0.15, 0.2) is 18.2 Å². The Morgan fingerprint density at radius 1 is 1.36 bits per heavy atom. The highest BCUT2D eigenvalue weighted by Gasteiger charge is 2.04. The molecule has 1 heterocycles. The lowest BCUT2D eigenvalue weighted by atomic mass is 10.1. The fourth-order valence-corrected chi connectivity index (χ4v) is 2.99. The van der Waals surface area contributed by atoms with E-state index in [1.165, 1.54) is 21.2 Å². The zero-order valence-electron chi connectivity index (χ0n) is 8.13. The Labute approximate surface area is 95.8 Å². The van der Waals surface area contributed by atoms with Gasteiger partial charge in [-0.1, -0.05) is 33.3 Å². The number of hydrogen-bond acceptors (Lipinski definition) is 2. The zero-order chi connectivity index (χ0) is 10.1. The largest absolute Gasteiger partial charge is 0.487 e. The first kappa shape index (κ1) is 9.99. The number of rotatable bonds is 2. The molecule has 0 bridgehead atoms. The van der Waals surface area contributed by atoms with E-state index < -0.39 is 0 Å². The summed E-state index contributed by atoms with van der Waals surface area (Å²) in [6, 6.07) is 6.53. The van der Waals surface area contributed by atoms with Crippen LogP contribution in [-0.2, 0) is 5.33 Å². The monoisotopic (exact) mass is 270 g/mol. The third-order valence-electron chi connectivity index (χ3n) is 2.30.